The Hall–Kier alpha value is -5.75. The predicted octanol–water partition coefficient (Wildman–Crippen LogP) is 5.12. The second-order valence-corrected chi connectivity index (χ2v) is 10.8. The van der Waals surface area contributed by atoms with Crippen LogP contribution < -0.4 is 10.2 Å². The summed E-state index contributed by atoms with van der Waals surface area (Å²) < 4.78 is 6.18. The number of hydrogen-bond acceptors (Lipinski definition) is 9. The molecular weight excluding hydrogens is 560 g/mol. The van der Waals surface area contributed by atoms with Gasteiger partial charge in [0.15, 0.2) is 22.7 Å². The number of imidazole rings is 1. The third-order valence-corrected chi connectivity index (χ3v) is 8.57. The van der Waals surface area contributed by atoms with Crippen molar-refractivity contribution in [2.24, 2.45) is 0 Å². The fourth-order valence-corrected chi connectivity index (χ4v) is 6.83. The number of nitrogens with zero attached hydrogens (tertiary/aromatic N) is 6. The zero-order chi connectivity index (χ0) is 28.7. The second kappa shape index (κ2) is 9.96. The van der Waals surface area contributed by atoms with Gasteiger partial charge in [0.2, 0.25) is 0 Å². The number of aromatic nitrogens is 8. The van der Waals surface area contributed by atoms with Crippen LogP contribution in [0.3, 0.4) is 0 Å². The van der Waals surface area contributed by atoms with Crippen molar-refractivity contribution in [3.63, 3.8) is 0 Å². The van der Waals surface area contributed by atoms with Crippen LogP contribution in [-0.2, 0) is 11.1 Å². The first-order valence-electron chi connectivity index (χ1n) is 13.6. The van der Waals surface area contributed by atoms with Crippen LogP contribution >= 0.6 is 11.3 Å². The summed E-state index contributed by atoms with van der Waals surface area (Å²) >= 11 is 1.62. The van der Waals surface area contributed by atoms with E-state index in [-0.39, 0.29) is 0 Å². The van der Waals surface area contributed by atoms with Crippen molar-refractivity contribution in [1.82, 2.24) is 45.4 Å². The highest BCUT2D eigenvalue weighted by molar-refractivity contribution is 7.11. The van der Waals surface area contributed by atoms with Crippen molar-refractivity contribution in [1.29, 1.82) is 0 Å². The van der Waals surface area contributed by atoms with Crippen LogP contribution in [0.5, 0.6) is 0 Å². The van der Waals surface area contributed by atoms with Gasteiger partial charge in [-0.05, 0) is 53.9 Å². The monoisotopic (exact) mass is 584 g/mol. The average molecular weight is 585 g/mol. The van der Waals surface area contributed by atoms with Gasteiger partial charge < -0.3 is 19.7 Å². The minimum atomic E-state index is -1.35. The maximum Gasteiger partial charge on any atom is 0.198 e. The Morgan fingerprint density at radius 3 is 2.37 bits per heavy atom. The molecule has 0 radical (unpaired) electrons. The molecule has 12 heteroatoms. The van der Waals surface area contributed by atoms with E-state index in [1.54, 1.807) is 60.8 Å². The molecule has 7 aromatic heterocycles. The van der Waals surface area contributed by atoms with E-state index in [0.717, 1.165) is 22.0 Å². The number of pyridine rings is 1. The van der Waals surface area contributed by atoms with Crippen molar-refractivity contribution < 1.29 is 4.42 Å². The summed E-state index contributed by atoms with van der Waals surface area (Å²) in [5.74, 6) is 2.31. The molecule has 43 heavy (non-hydrogen) atoms. The molecule has 4 N–H and O–H groups in total. The molecule has 0 saturated carbocycles. The molecule has 0 spiro atoms. The molecule has 7 aromatic rings. The van der Waals surface area contributed by atoms with Crippen LogP contribution in [0.4, 0.5) is 5.82 Å². The molecule has 0 amide bonds. The number of furan rings is 1. The lowest BCUT2D eigenvalue weighted by atomic mass is 9.66. The van der Waals surface area contributed by atoms with Crippen LogP contribution in [0.1, 0.15) is 33.7 Å². The molecule has 2 atom stereocenters. The van der Waals surface area contributed by atoms with Gasteiger partial charge in [0.1, 0.15) is 17.3 Å². The Morgan fingerprint density at radius 2 is 1.70 bits per heavy atom. The first kappa shape index (κ1) is 25.0. The summed E-state index contributed by atoms with van der Waals surface area (Å²) in [6.45, 7) is 0. The van der Waals surface area contributed by atoms with E-state index in [1.165, 1.54) is 0 Å². The highest BCUT2D eigenvalue weighted by Gasteiger charge is 2.68. The topological polar surface area (TPSA) is 140 Å². The van der Waals surface area contributed by atoms with Crippen molar-refractivity contribution in [2.45, 2.75) is 11.1 Å². The Morgan fingerprint density at radius 1 is 0.767 bits per heavy atom. The molecule has 210 valence electrons. The summed E-state index contributed by atoms with van der Waals surface area (Å²) in [6, 6.07) is 21.5. The molecular formula is C31H24N10OS. The van der Waals surface area contributed by atoms with Crippen molar-refractivity contribution >= 4 is 28.5 Å². The van der Waals surface area contributed by atoms with E-state index in [4.69, 9.17) is 24.4 Å². The van der Waals surface area contributed by atoms with Gasteiger partial charge in [-0.25, -0.2) is 15.0 Å². The average Bonchev–Trinajstić information content (AvgIpc) is 3.90. The van der Waals surface area contributed by atoms with E-state index in [1.807, 2.05) is 60.8 Å². The van der Waals surface area contributed by atoms with Gasteiger partial charge in [0.05, 0.1) is 34.4 Å². The SMILES string of the molecule is c1ccc(C2(c3ccc[nH]3)NC(c3cccs3)=C(c3ccco3)N(c3ccn[nH]3)C2(c2ncccn2)c2ncc[nH]2)nc1. The zero-order valence-electron chi connectivity index (χ0n) is 22.5. The van der Waals surface area contributed by atoms with Gasteiger partial charge in [-0.15, -0.1) is 11.3 Å². The largest absolute Gasteiger partial charge is 0.463 e. The van der Waals surface area contributed by atoms with Crippen LogP contribution in [0, 0.1) is 0 Å². The fourth-order valence-electron chi connectivity index (χ4n) is 6.11. The molecule has 2 unspecified atom stereocenters. The zero-order valence-corrected chi connectivity index (χ0v) is 23.4. The summed E-state index contributed by atoms with van der Waals surface area (Å²) in [6.07, 6.45) is 14.1. The Bertz CT molecular complexity index is 1940. The molecule has 11 nitrogen and oxygen atoms in total. The Labute approximate surface area is 249 Å². The van der Waals surface area contributed by atoms with Crippen LogP contribution in [-0.4, -0.2) is 40.1 Å². The van der Waals surface area contributed by atoms with E-state index in [9.17, 15) is 0 Å². The number of anilines is 1. The van der Waals surface area contributed by atoms with Gasteiger partial charge in [-0.3, -0.25) is 15.0 Å². The molecule has 1 aliphatic rings. The molecule has 1 aliphatic heterocycles. The minimum Gasteiger partial charge on any atom is -0.463 e. The molecule has 0 aromatic carbocycles. The summed E-state index contributed by atoms with van der Waals surface area (Å²) in [4.78, 5) is 29.9. The normalized spacial score (nSPS) is 20.3. The van der Waals surface area contributed by atoms with Gasteiger partial charge in [0.25, 0.3) is 0 Å². The molecule has 0 saturated heterocycles. The Kier molecular flexibility index (Phi) is 5.79. The molecule has 8 heterocycles. The first-order chi connectivity index (χ1) is 21.3. The van der Waals surface area contributed by atoms with Crippen molar-refractivity contribution in [2.75, 3.05) is 4.90 Å². The lowest BCUT2D eigenvalue weighted by Crippen LogP contribution is -2.70. The number of H-pyrrole nitrogens is 3. The highest BCUT2D eigenvalue weighted by Crippen LogP contribution is 2.58. The minimum absolute atomic E-state index is 0.460. The number of aromatic amines is 3. The summed E-state index contributed by atoms with van der Waals surface area (Å²) in [5.41, 5.74) is 0.506. The van der Waals surface area contributed by atoms with E-state index in [0.29, 0.717) is 28.9 Å². The molecule has 8 rings (SSSR count). The Balaban J connectivity index is 1.65. The number of thiophene rings is 1. The molecule has 0 bridgehead atoms. The predicted molar refractivity (Wildman–Crippen MR) is 161 cm³/mol. The van der Waals surface area contributed by atoms with Crippen molar-refractivity contribution in [3.05, 3.63) is 155 Å². The van der Waals surface area contributed by atoms with Gasteiger partial charge in [-0.1, -0.05) is 12.1 Å². The van der Waals surface area contributed by atoms with Crippen LogP contribution in [0.15, 0.2) is 126 Å². The van der Waals surface area contributed by atoms with Gasteiger partial charge in [0, 0.05) is 43.2 Å². The van der Waals surface area contributed by atoms with Crippen molar-refractivity contribution in [3.8, 4) is 0 Å². The second-order valence-electron chi connectivity index (χ2n) is 9.85. The van der Waals surface area contributed by atoms with Crippen LogP contribution in [0.2, 0.25) is 0 Å². The quantitative estimate of drug-likeness (QED) is 0.202. The van der Waals surface area contributed by atoms with Gasteiger partial charge in [-0.2, -0.15) is 5.10 Å². The third kappa shape index (κ3) is 3.56. The van der Waals surface area contributed by atoms with E-state index < -0.39 is 11.1 Å². The molecule has 0 fully saturated rings. The lowest BCUT2D eigenvalue weighted by Gasteiger charge is -2.57. The number of hydrogen-bond donors (Lipinski definition) is 4. The fraction of sp³-hybridized carbons (Fsp3) is 0.0645. The smallest absolute Gasteiger partial charge is 0.198 e. The third-order valence-electron chi connectivity index (χ3n) is 7.68. The van der Waals surface area contributed by atoms with E-state index in [2.05, 4.69) is 41.8 Å². The number of rotatable bonds is 7. The van der Waals surface area contributed by atoms with E-state index >= 15 is 0 Å². The highest BCUT2D eigenvalue weighted by atomic mass is 32.1. The summed E-state index contributed by atoms with van der Waals surface area (Å²) in [5, 5.41) is 13.7. The maximum absolute atomic E-state index is 6.18. The maximum atomic E-state index is 6.18. The molecule has 0 aliphatic carbocycles. The number of nitrogens with one attached hydrogen (secondary N) is 4. The van der Waals surface area contributed by atoms with Gasteiger partial charge >= 0.3 is 0 Å². The lowest BCUT2D eigenvalue weighted by molar-refractivity contribution is 0.235. The van der Waals surface area contributed by atoms with Crippen LogP contribution in [0.25, 0.3) is 11.4 Å². The first-order valence-corrected chi connectivity index (χ1v) is 14.4. The standard InChI is InChI=1S/C31H24N10OS/c1-2-12-32-23(9-1)30(24-10-3-13-33-24)31(29-36-17-18-37-29,28-34-14-6-15-35-28)41(25-11-16-38-40-25)27(21-7-4-19-42-21)26(39-30)22-8-5-20-43-22/h1-20,33,39H,(H,36,37)(H,38,40). The summed E-state index contributed by atoms with van der Waals surface area (Å²) in [7, 11) is 0.